The molecule has 1 N–H and O–H groups in total. The highest BCUT2D eigenvalue weighted by Gasteiger charge is 2.29. The molecule has 2 rings (SSSR count). The Kier molecular flexibility index (Phi) is 7.80. The van der Waals surface area contributed by atoms with Crippen molar-refractivity contribution in [3.63, 3.8) is 0 Å². The average Bonchev–Trinajstić information content (AvgIpc) is 2.67. The lowest BCUT2D eigenvalue weighted by molar-refractivity contribution is -0.123. The van der Waals surface area contributed by atoms with Gasteiger partial charge in [0.05, 0.1) is 0 Å². The number of hydrogen-bond acceptors (Lipinski definition) is 3. The maximum atomic E-state index is 12.9. The molecule has 26 heavy (non-hydrogen) atoms. The van der Waals surface area contributed by atoms with Crippen molar-refractivity contribution < 1.29 is 9.59 Å². The Bertz CT molecular complexity index is 768. The van der Waals surface area contributed by atoms with Crippen molar-refractivity contribution in [2.24, 2.45) is 0 Å². The van der Waals surface area contributed by atoms with Gasteiger partial charge in [-0.05, 0) is 12.5 Å². The van der Waals surface area contributed by atoms with Gasteiger partial charge in [0.25, 0.3) is 11.5 Å². The third kappa shape index (κ3) is 5.41. The second-order valence-electron chi connectivity index (χ2n) is 6.28. The molecule has 0 fully saturated rings. The van der Waals surface area contributed by atoms with Crippen molar-refractivity contribution in [1.82, 2.24) is 9.88 Å². The fraction of sp³-hybridized carbons (Fsp3) is 0.381. The number of aromatic nitrogens is 1. The molecule has 0 aliphatic rings. The number of nitrogens with zero attached hydrogens (tertiary/aromatic N) is 1. The van der Waals surface area contributed by atoms with E-state index in [0.29, 0.717) is 12.1 Å². The van der Waals surface area contributed by atoms with E-state index >= 15 is 0 Å². The van der Waals surface area contributed by atoms with Gasteiger partial charge in [-0.3, -0.25) is 19.0 Å². The number of nitrogens with one attached hydrogen (secondary N) is 1. The van der Waals surface area contributed by atoms with Crippen LogP contribution in [-0.4, -0.2) is 22.8 Å². The first-order valence-electron chi connectivity index (χ1n) is 9.19. The topological polar surface area (TPSA) is 68.2 Å². The monoisotopic (exact) mass is 354 g/mol. The summed E-state index contributed by atoms with van der Waals surface area (Å²) in [7, 11) is 0. The highest BCUT2D eigenvalue weighted by molar-refractivity contribution is 6.11. The van der Waals surface area contributed by atoms with Gasteiger partial charge in [0.15, 0.2) is 11.8 Å². The Hall–Kier alpha value is -2.69. The van der Waals surface area contributed by atoms with Crippen LogP contribution in [0.5, 0.6) is 0 Å². The molecule has 5 nitrogen and oxygen atoms in total. The number of unbranched alkanes of at least 4 members (excludes halogenated alkanes) is 4. The predicted molar refractivity (Wildman–Crippen MR) is 102 cm³/mol. The summed E-state index contributed by atoms with van der Waals surface area (Å²) in [6, 6.07) is 12.0. The van der Waals surface area contributed by atoms with E-state index in [0.717, 1.165) is 25.7 Å². The molecule has 0 saturated heterocycles. The third-order valence-electron chi connectivity index (χ3n) is 4.26. The van der Waals surface area contributed by atoms with Gasteiger partial charge in [-0.25, -0.2) is 0 Å². The summed E-state index contributed by atoms with van der Waals surface area (Å²) in [4.78, 5) is 37.8. The van der Waals surface area contributed by atoms with Crippen LogP contribution in [-0.2, 0) is 4.79 Å². The molecule has 0 radical (unpaired) electrons. The quantitative estimate of drug-likeness (QED) is 0.404. The van der Waals surface area contributed by atoms with E-state index in [4.69, 9.17) is 0 Å². The van der Waals surface area contributed by atoms with E-state index in [1.165, 1.54) is 23.3 Å². The summed E-state index contributed by atoms with van der Waals surface area (Å²) >= 11 is 0. The van der Waals surface area contributed by atoms with Crippen LogP contribution in [0.25, 0.3) is 0 Å². The Morgan fingerprint density at radius 1 is 0.962 bits per heavy atom. The number of carbonyl (C=O) groups is 2. The van der Waals surface area contributed by atoms with Gasteiger partial charge in [-0.1, -0.05) is 69.0 Å². The van der Waals surface area contributed by atoms with Gasteiger partial charge < -0.3 is 5.32 Å². The standard InChI is InChI=1S/C21H26N2O3/c1-2-3-4-5-10-15-22-21(26)19(23-16-11-9-14-18(23)24)20(25)17-12-7-6-8-13-17/h6-9,11-14,16,19H,2-5,10,15H2,1H3,(H,22,26)/t19-/m0/s1. The maximum absolute atomic E-state index is 12.9. The molecule has 0 unspecified atom stereocenters. The average molecular weight is 354 g/mol. The number of hydrogen-bond donors (Lipinski definition) is 1. The van der Waals surface area contributed by atoms with Crippen molar-refractivity contribution in [2.45, 2.75) is 45.1 Å². The number of pyridine rings is 1. The summed E-state index contributed by atoms with van der Waals surface area (Å²) in [5, 5.41) is 2.82. The first-order valence-corrected chi connectivity index (χ1v) is 9.19. The van der Waals surface area contributed by atoms with Crippen LogP contribution in [0.1, 0.15) is 55.4 Å². The van der Waals surface area contributed by atoms with Crippen molar-refractivity contribution in [3.05, 3.63) is 70.6 Å². The molecule has 1 atom stereocenters. The number of benzene rings is 1. The predicted octanol–water partition coefficient (Wildman–Crippen LogP) is 3.36. The Morgan fingerprint density at radius 3 is 2.35 bits per heavy atom. The number of Topliss-reactive ketones (excluding diaryl/α,β-unsaturated/α-hetero) is 1. The summed E-state index contributed by atoms with van der Waals surface area (Å²) in [6.45, 7) is 2.65. The molecular formula is C21H26N2O3. The molecule has 1 aromatic heterocycles. The number of ketones is 1. The van der Waals surface area contributed by atoms with Crippen LogP contribution in [0, 0.1) is 0 Å². The van der Waals surface area contributed by atoms with E-state index in [9.17, 15) is 14.4 Å². The van der Waals surface area contributed by atoms with Crippen molar-refractivity contribution >= 4 is 11.7 Å². The minimum atomic E-state index is -1.19. The minimum Gasteiger partial charge on any atom is -0.354 e. The zero-order valence-corrected chi connectivity index (χ0v) is 15.2. The second-order valence-corrected chi connectivity index (χ2v) is 6.28. The first kappa shape index (κ1) is 19.6. The summed E-state index contributed by atoms with van der Waals surface area (Å²) < 4.78 is 1.20. The van der Waals surface area contributed by atoms with Gasteiger partial charge in [-0.2, -0.15) is 0 Å². The Morgan fingerprint density at radius 2 is 1.65 bits per heavy atom. The molecule has 1 amide bonds. The SMILES string of the molecule is CCCCCCCNC(=O)[C@H](C(=O)c1ccccc1)n1ccccc1=O. The van der Waals surface area contributed by atoms with Crippen LogP contribution >= 0.6 is 0 Å². The van der Waals surface area contributed by atoms with E-state index in [2.05, 4.69) is 12.2 Å². The summed E-state index contributed by atoms with van der Waals surface area (Å²) in [6.07, 6.45) is 6.86. The van der Waals surface area contributed by atoms with Crippen LogP contribution in [0.3, 0.4) is 0 Å². The molecule has 5 heteroatoms. The number of amides is 1. The lowest BCUT2D eigenvalue weighted by Crippen LogP contribution is -2.41. The molecule has 1 aromatic carbocycles. The van der Waals surface area contributed by atoms with Crippen molar-refractivity contribution in [3.8, 4) is 0 Å². The van der Waals surface area contributed by atoms with Crippen molar-refractivity contribution in [1.29, 1.82) is 0 Å². The van der Waals surface area contributed by atoms with Crippen LogP contribution in [0.15, 0.2) is 59.5 Å². The van der Waals surface area contributed by atoms with Gasteiger partial charge in [0, 0.05) is 24.4 Å². The lowest BCUT2D eigenvalue weighted by atomic mass is 10.0. The molecule has 0 aliphatic heterocycles. The maximum Gasteiger partial charge on any atom is 0.251 e. The smallest absolute Gasteiger partial charge is 0.251 e. The Labute approximate surface area is 154 Å². The fourth-order valence-electron chi connectivity index (χ4n) is 2.82. The molecular weight excluding hydrogens is 328 g/mol. The van der Waals surface area contributed by atoms with E-state index in [1.54, 1.807) is 42.5 Å². The highest BCUT2D eigenvalue weighted by atomic mass is 16.2. The van der Waals surface area contributed by atoms with Gasteiger partial charge >= 0.3 is 0 Å². The molecule has 0 saturated carbocycles. The third-order valence-corrected chi connectivity index (χ3v) is 4.26. The van der Waals surface area contributed by atoms with E-state index in [-0.39, 0.29) is 11.3 Å². The van der Waals surface area contributed by atoms with Gasteiger partial charge in [-0.15, -0.1) is 0 Å². The van der Waals surface area contributed by atoms with Crippen molar-refractivity contribution in [2.75, 3.05) is 6.54 Å². The van der Waals surface area contributed by atoms with E-state index < -0.39 is 11.9 Å². The number of rotatable bonds is 10. The van der Waals surface area contributed by atoms with Gasteiger partial charge in [0.1, 0.15) is 0 Å². The molecule has 0 aliphatic carbocycles. The summed E-state index contributed by atoms with van der Waals surface area (Å²) in [5.41, 5.74) is 0.0335. The summed E-state index contributed by atoms with van der Waals surface area (Å²) in [5.74, 6) is -0.829. The van der Waals surface area contributed by atoms with Crippen LogP contribution < -0.4 is 10.9 Å². The lowest BCUT2D eigenvalue weighted by Gasteiger charge is -2.18. The number of carbonyl (C=O) groups excluding carboxylic acids is 2. The fourth-order valence-corrected chi connectivity index (χ4v) is 2.82. The normalized spacial score (nSPS) is 11.7. The first-order chi connectivity index (χ1) is 12.6. The zero-order chi connectivity index (χ0) is 18.8. The molecule has 0 spiro atoms. The van der Waals surface area contributed by atoms with Crippen LogP contribution in [0.2, 0.25) is 0 Å². The molecule has 138 valence electrons. The highest BCUT2D eigenvalue weighted by Crippen LogP contribution is 2.14. The molecule has 1 heterocycles. The Balaban J connectivity index is 2.14. The largest absolute Gasteiger partial charge is 0.354 e. The molecule has 2 aromatic rings. The van der Waals surface area contributed by atoms with Crippen LogP contribution in [0.4, 0.5) is 0 Å². The van der Waals surface area contributed by atoms with Gasteiger partial charge in [0.2, 0.25) is 0 Å². The van der Waals surface area contributed by atoms with E-state index in [1.807, 2.05) is 0 Å². The zero-order valence-electron chi connectivity index (χ0n) is 15.2. The minimum absolute atomic E-state index is 0.375. The second kappa shape index (κ2) is 10.3. The molecule has 0 bridgehead atoms.